The van der Waals surface area contributed by atoms with Crippen LogP contribution >= 0.6 is 24.0 Å². The Labute approximate surface area is 144 Å². The fourth-order valence-corrected chi connectivity index (χ4v) is 3.17. The van der Waals surface area contributed by atoms with E-state index < -0.39 is 5.97 Å². The third-order valence-corrected chi connectivity index (χ3v) is 4.32. The van der Waals surface area contributed by atoms with Crippen LogP contribution in [-0.4, -0.2) is 40.9 Å². The van der Waals surface area contributed by atoms with Crippen molar-refractivity contribution in [3.05, 3.63) is 34.7 Å². The van der Waals surface area contributed by atoms with Crippen LogP contribution in [-0.2, 0) is 14.3 Å². The topological polar surface area (TPSA) is 55.8 Å². The van der Waals surface area contributed by atoms with Crippen molar-refractivity contribution in [3.63, 3.8) is 0 Å². The molecule has 0 aromatic heterocycles. The molecule has 0 N–H and O–H groups in total. The zero-order chi connectivity index (χ0) is 17.0. The van der Waals surface area contributed by atoms with Crippen LogP contribution in [0.4, 0.5) is 0 Å². The lowest BCUT2D eigenvalue weighted by atomic mass is 10.2. The highest BCUT2D eigenvalue weighted by Crippen LogP contribution is 2.32. The Hall–Kier alpha value is -1.86. The van der Waals surface area contributed by atoms with Crippen LogP contribution in [0.2, 0.25) is 0 Å². The van der Waals surface area contributed by atoms with E-state index in [-0.39, 0.29) is 18.6 Å². The second-order valence-electron chi connectivity index (χ2n) is 5.08. The number of hydrogen-bond donors (Lipinski definition) is 0. The Balaban J connectivity index is 2.10. The molecule has 1 heterocycles. The minimum Gasteiger partial charge on any atom is -0.497 e. The van der Waals surface area contributed by atoms with Crippen LogP contribution in [0.15, 0.2) is 29.2 Å². The van der Waals surface area contributed by atoms with Crippen molar-refractivity contribution in [1.29, 1.82) is 0 Å². The van der Waals surface area contributed by atoms with E-state index in [9.17, 15) is 9.59 Å². The molecule has 1 aromatic carbocycles. The van der Waals surface area contributed by atoms with E-state index in [1.807, 2.05) is 24.3 Å². The van der Waals surface area contributed by atoms with Gasteiger partial charge in [0.2, 0.25) is 0 Å². The molecule has 0 radical (unpaired) electrons. The SMILES string of the molecule is COc1ccc(C=C2SC(=S)N(CC(=O)OC(C)C)C2=O)cc1. The first kappa shape index (κ1) is 17.5. The number of thioether (sulfide) groups is 1. The van der Waals surface area contributed by atoms with Crippen molar-refractivity contribution >= 4 is 46.3 Å². The molecule has 2 rings (SSSR count). The van der Waals surface area contributed by atoms with Gasteiger partial charge in [0.25, 0.3) is 5.91 Å². The van der Waals surface area contributed by atoms with Gasteiger partial charge in [0.1, 0.15) is 16.6 Å². The van der Waals surface area contributed by atoms with E-state index in [1.54, 1.807) is 27.0 Å². The minimum absolute atomic E-state index is 0.164. The first-order valence-corrected chi connectivity index (χ1v) is 8.22. The van der Waals surface area contributed by atoms with Crippen molar-refractivity contribution in [2.24, 2.45) is 0 Å². The molecule has 1 aromatic rings. The highest BCUT2D eigenvalue weighted by molar-refractivity contribution is 8.26. The maximum Gasteiger partial charge on any atom is 0.326 e. The van der Waals surface area contributed by atoms with Gasteiger partial charge < -0.3 is 9.47 Å². The fraction of sp³-hybridized carbons (Fsp3) is 0.312. The Bertz CT molecular complexity index is 653. The van der Waals surface area contributed by atoms with E-state index in [1.165, 1.54) is 16.7 Å². The lowest BCUT2D eigenvalue weighted by Gasteiger charge is -2.14. The van der Waals surface area contributed by atoms with E-state index in [2.05, 4.69) is 0 Å². The van der Waals surface area contributed by atoms with Gasteiger partial charge in [-0.2, -0.15) is 0 Å². The Morgan fingerprint density at radius 3 is 2.57 bits per heavy atom. The molecule has 0 spiro atoms. The van der Waals surface area contributed by atoms with Gasteiger partial charge in [-0.15, -0.1) is 0 Å². The summed E-state index contributed by atoms with van der Waals surface area (Å²) in [6.45, 7) is 3.35. The zero-order valence-electron chi connectivity index (χ0n) is 13.1. The quantitative estimate of drug-likeness (QED) is 0.462. The number of thiocarbonyl (C=S) groups is 1. The summed E-state index contributed by atoms with van der Waals surface area (Å²) in [7, 11) is 1.59. The molecule has 7 heteroatoms. The van der Waals surface area contributed by atoms with Gasteiger partial charge in [0, 0.05) is 0 Å². The number of hydrogen-bond acceptors (Lipinski definition) is 6. The fourth-order valence-electron chi connectivity index (χ4n) is 1.92. The number of benzene rings is 1. The molecule has 5 nitrogen and oxygen atoms in total. The molecule has 23 heavy (non-hydrogen) atoms. The average Bonchev–Trinajstić information content (AvgIpc) is 2.75. The third-order valence-electron chi connectivity index (χ3n) is 2.94. The largest absolute Gasteiger partial charge is 0.497 e. The summed E-state index contributed by atoms with van der Waals surface area (Å²) < 4.78 is 10.5. The molecule has 0 unspecified atom stereocenters. The maximum absolute atomic E-state index is 12.4. The summed E-state index contributed by atoms with van der Waals surface area (Å²) in [4.78, 5) is 25.8. The Morgan fingerprint density at radius 2 is 2.00 bits per heavy atom. The number of ether oxygens (including phenoxy) is 2. The molecule has 0 atom stereocenters. The van der Waals surface area contributed by atoms with Crippen LogP contribution in [0.25, 0.3) is 6.08 Å². The molecule has 0 aliphatic carbocycles. The summed E-state index contributed by atoms with van der Waals surface area (Å²) >= 11 is 6.36. The van der Waals surface area contributed by atoms with E-state index in [4.69, 9.17) is 21.7 Å². The van der Waals surface area contributed by atoms with Gasteiger partial charge in [-0.3, -0.25) is 14.5 Å². The summed E-state index contributed by atoms with van der Waals surface area (Å²) in [5, 5.41) is 0. The summed E-state index contributed by atoms with van der Waals surface area (Å²) in [6, 6.07) is 7.32. The summed E-state index contributed by atoms with van der Waals surface area (Å²) in [5.74, 6) is -0.00958. The van der Waals surface area contributed by atoms with Gasteiger partial charge in [0.15, 0.2) is 0 Å². The summed E-state index contributed by atoms with van der Waals surface area (Å²) in [5.41, 5.74) is 0.857. The van der Waals surface area contributed by atoms with Crippen LogP contribution < -0.4 is 4.74 Å². The third kappa shape index (κ3) is 4.56. The number of rotatable bonds is 5. The molecule has 1 aliphatic heterocycles. The summed E-state index contributed by atoms with van der Waals surface area (Å²) in [6.07, 6.45) is 1.52. The molecule has 1 amide bonds. The number of esters is 1. The lowest BCUT2D eigenvalue weighted by Crippen LogP contribution is -2.35. The van der Waals surface area contributed by atoms with Crippen LogP contribution in [0, 0.1) is 0 Å². The Kier molecular flexibility index (Phi) is 5.79. The van der Waals surface area contributed by atoms with Crippen LogP contribution in [0.3, 0.4) is 0 Å². The molecule has 1 saturated heterocycles. The lowest BCUT2D eigenvalue weighted by molar-refractivity contribution is -0.149. The van der Waals surface area contributed by atoms with Crippen molar-refractivity contribution in [2.75, 3.05) is 13.7 Å². The van der Waals surface area contributed by atoms with Gasteiger partial charge in [-0.05, 0) is 37.6 Å². The number of amides is 1. The number of methoxy groups -OCH3 is 1. The van der Waals surface area contributed by atoms with Gasteiger partial charge in [-0.25, -0.2) is 0 Å². The van der Waals surface area contributed by atoms with Crippen molar-refractivity contribution in [2.45, 2.75) is 20.0 Å². The smallest absolute Gasteiger partial charge is 0.326 e. The van der Waals surface area contributed by atoms with Crippen LogP contribution in [0.5, 0.6) is 5.75 Å². The van der Waals surface area contributed by atoms with Gasteiger partial charge >= 0.3 is 5.97 Å². The second-order valence-corrected chi connectivity index (χ2v) is 6.76. The number of nitrogens with zero attached hydrogens (tertiary/aromatic N) is 1. The van der Waals surface area contributed by atoms with Gasteiger partial charge in [0.05, 0.1) is 18.1 Å². The van der Waals surface area contributed by atoms with Crippen molar-refractivity contribution < 1.29 is 19.1 Å². The maximum atomic E-state index is 12.4. The number of carbonyl (C=O) groups is 2. The average molecular weight is 351 g/mol. The predicted octanol–water partition coefficient (Wildman–Crippen LogP) is 2.85. The molecule has 0 bridgehead atoms. The van der Waals surface area contributed by atoms with E-state index in [0.717, 1.165) is 11.3 Å². The molecular weight excluding hydrogens is 334 g/mol. The molecule has 122 valence electrons. The molecule has 0 saturated carbocycles. The zero-order valence-corrected chi connectivity index (χ0v) is 14.7. The molecule has 1 fully saturated rings. The van der Waals surface area contributed by atoms with Crippen molar-refractivity contribution in [1.82, 2.24) is 4.90 Å². The van der Waals surface area contributed by atoms with E-state index in [0.29, 0.717) is 9.23 Å². The normalized spacial score (nSPS) is 16.3. The molecule has 1 aliphatic rings. The monoisotopic (exact) mass is 351 g/mol. The standard InChI is InChI=1S/C16H17NO4S2/c1-10(2)21-14(18)9-17-15(19)13(23-16(17)22)8-11-4-6-12(20-3)7-5-11/h4-8,10H,9H2,1-3H3. The highest BCUT2D eigenvalue weighted by atomic mass is 32.2. The second kappa shape index (κ2) is 7.61. The predicted molar refractivity (Wildman–Crippen MR) is 94.1 cm³/mol. The van der Waals surface area contributed by atoms with E-state index >= 15 is 0 Å². The van der Waals surface area contributed by atoms with Crippen LogP contribution in [0.1, 0.15) is 19.4 Å². The first-order chi connectivity index (χ1) is 10.9. The minimum atomic E-state index is -0.470. The Morgan fingerprint density at radius 1 is 1.35 bits per heavy atom. The first-order valence-electron chi connectivity index (χ1n) is 6.99. The number of carbonyl (C=O) groups excluding carboxylic acids is 2. The van der Waals surface area contributed by atoms with Crippen molar-refractivity contribution in [3.8, 4) is 5.75 Å². The van der Waals surface area contributed by atoms with Gasteiger partial charge in [-0.1, -0.05) is 36.1 Å². The highest BCUT2D eigenvalue weighted by Gasteiger charge is 2.33. The molecular formula is C16H17NO4S2.